The number of hydrogen-bond acceptors (Lipinski definition) is 3. The van der Waals surface area contributed by atoms with Gasteiger partial charge in [-0.15, -0.1) is 0 Å². The Balaban J connectivity index is 2.86. The second-order valence-corrected chi connectivity index (χ2v) is 4.44. The molecule has 0 saturated carbocycles. The number of nitrogens with two attached hydrogens (primary N) is 1. The highest BCUT2D eigenvalue weighted by Gasteiger charge is 2.12. The maximum atomic E-state index is 8.72. The maximum absolute atomic E-state index is 8.72. The van der Waals surface area contributed by atoms with Crippen molar-refractivity contribution in [3.8, 4) is 6.07 Å². The van der Waals surface area contributed by atoms with E-state index in [1.165, 1.54) is 0 Å². The molecule has 0 amide bonds. The van der Waals surface area contributed by atoms with E-state index < -0.39 is 0 Å². The van der Waals surface area contributed by atoms with Crippen LogP contribution in [-0.4, -0.2) is 12.6 Å². The van der Waals surface area contributed by atoms with Crippen LogP contribution in [0.1, 0.15) is 19.4 Å². The topological polar surface area (TPSA) is 61.8 Å². The molecule has 0 aliphatic rings. The molecule has 0 spiro atoms. The van der Waals surface area contributed by atoms with Crippen molar-refractivity contribution in [2.45, 2.75) is 19.9 Å². The third-order valence-corrected chi connectivity index (χ3v) is 2.81. The van der Waals surface area contributed by atoms with Crippen molar-refractivity contribution >= 4 is 17.3 Å². The Morgan fingerprint density at radius 2 is 2.19 bits per heavy atom. The number of rotatable bonds is 4. The second-order valence-electron chi connectivity index (χ2n) is 4.04. The second kappa shape index (κ2) is 5.74. The van der Waals surface area contributed by atoms with Crippen LogP contribution in [0.3, 0.4) is 0 Å². The van der Waals surface area contributed by atoms with E-state index in [9.17, 15) is 0 Å². The third kappa shape index (κ3) is 3.13. The molecule has 0 radical (unpaired) electrons. The quantitative estimate of drug-likeness (QED) is 0.846. The Bertz CT molecular complexity index is 396. The molecular formula is C12H16ClN3. The van der Waals surface area contributed by atoms with Gasteiger partial charge in [-0.2, -0.15) is 5.26 Å². The van der Waals surface area contributed by atoms with Gasteiger partial charge in [0, 0.05) is 12.6 Å². The summed E-state index contributed by atoms with van der Waals surface area (Å²) in [6.07, 6.45) is 0. The van der Waals surface area contributed by atoms with Crippen LogP contribution in [0.5, 0.6) is 0 Å². The molecule has 4 heteroatoms. The maximum Gasteiger partial charge on any atom is 0.0992 e. The summed E-state index contributed by atoms with van der Waals surface area (Å²) >= 11 is 6.06. The molecule has 86 valence electrons. The molecule has 0 aromatic heterocycles. The predicted octanol–water partition coefficient (Wildman–Crippen LogP) is 2.61. The minimum Gasteiger partial charge on any atom is -0.380 e. The smallest absolute Gasteiger partial charge is 0.0992 e. The van der Waals surface area contributed by atoms with Crippen LogP contribution in [0.25, 0.3) is 0 Å². The summed E-state index contributed by atoms with van der Waals surface area (Å²) in [7, 11) is 0. The largest absolute Gasteiger partial charge is 0.380 e. The first kappa shape index (κ1) is 12.8. The summed E-state index contributed by atoms with van der Waals surface area (Å²) in [5.41, 5.74) is 7.05. The van der Waals surface area contributed by atoms with Crippen LogP contribution in [-0.2, 0) is 0 Å². The van der Waals surface area contributed by atoms with Gasteiger partial charge in [0.15, 0.2) is 0 Å². The zero-order valence-corrected chi connectivity index (χ0v) is 10.3. The van der Waals surface area contributed by atoms with Gasteiger partial charge in [0.25, 0.3) is 0 Å². The highest BCUT2D eigenvalue weighted by atomic mass is 35.5. The fraction of sp³-hybridized carbons (Fsp3) is 0.417. The van der Waals surface area contributed by atoms with Gasteiger partial charge in [0.2, 0.25) is 0 Å². The van der Waals surface area contributed by atoms with Gasteiger partial charge in [0.05, 0.1) is 22.3 Å². The van der Waals surface area contributed by atoms with E-state index >= 15 is 0 Å². The van der Waals surface area contributed by atoms with Gasteiger partial charge in [-0.25, -0.2) is 0 Å². The van der Waals surface area contributed by atoms with Crippen molar-refractivity contribution in [3.63, 3.8) is 0 Å². The molecule has 0 heterocycles. The van der Waals surface area contributed by atoms with E-state index in [1.807, 2.05) is 12.1 Å². The molecular weight excluding hydrogens is 222 g/mol. The van der Waals surface area contributed by atoms with Crippen LogP contribution in [0.4, 0.5) is 5.69 Å². The van der Waals surface area contributed by atoms with Crippen molar-refractivity contribution in [2.24, 2.45) is 11.7 Å². The van der Waals surface area contributed by atoms with Crippen LogP contribution in [0.2, 0.25) is 5.02 Å². The van der Waals surface area contributed by atoms with E-state index in [0.29, 0.717) is 23.0 Å². The zero-order chi connectivity index (χ0) is 12.1. The highest BCUT2D eigenvalue weighted by Crippen LogP contribution is 2.24. The van der Waals surface area contributed by atoms with E-state index in [0.717, 1.165) is 5.69 Å². The van der Waals surface area contributed by atoms with Gasteiger partial charge in [-0.05, 0) is 24.1 Å². The summed E-state index contributed by atoms with van der Waals surface area (Å²) < 4.78 is 0. The zero-order valence-electron chi connectivity index (χ0n) is 9.50. The number of anilines is 1. The minimum atomic E-state index is 0.186. The molecule has 3 N–H and O–H groups in total. The Morgan fingerprint density at radius 3 is 2.62 bits per heavy atom. The summed E-state index contributed by atoms with van der Waals surface area (Å²) in [5.74, 6) is 0.428. The molecule has 1 aromatic rings. The Labute approximate surface area is 101 Å². The normalized spacial score (nSPS) is 12.2. The number of nitriles is 1. The molecule has 1 rings (SSSR count). The molecule has 3 nitrogen and oxygen atoms in total. The average Bonchev–Trinajstić information content (AvgIpc) is 2.26. The SMILES string of the molecule is CC(C)C(CN)Nc1ccc(C#N)cc1Cl. The fourth-order valence-corrected chi connectivity index (χ4v) is 1.63. The van der Waals surface area contributed by atoms with Crippen LogP contribution >= 0.6 is 11.6 Å². The van der Waals surface area contributed by atoms with Gasteiger partial charge in [-0.3, -0.25) is 0 Å². The number of nitrogens with zero attached hydrogens (tertiary/aromatic N) is 1. The summed E-state index contributed by atoms with van der Waals surface area (Å²) in [4.78, 5) is 0. The molecule has 0 bridgehead atoms. The van der Waals surface area contributed by atoms with Crippen molar-refractivity contribution in [2.75, 3.05) is 11.9 Å². The summed E-state index contributed by atoms with van der Waals surface area (Å²) in [6.45, 7) is 4.75. The number of hydrogen-bond donors (Lipinski definition) is 2. The van der Waals surface area contributed by atoms with E-state index in [2.05, 4.69) is 19.2 Å². The lowest BCUT2D eigenvalue weighted by molar-refractivity contribution is 0.531. The van der Waals surface area contributed by atoms with Crippen molar-refractivity contribution < 1.29 is 0 Å². The highest BCUT2D eigenvalue weighted by molar-refractivity contribution is 6.33. The van der Waals surface area contributed by atoms with Crippen molar-refractivity contribution in [3.05, 3.63) is 28.8 Å². The molecule has 0 saturated heterocycles. The van der Waals surface area contributed by atoms with Crippen LogP contribution in [0, 0.1) is 17.2 Å². The number of halogens is 1. The van der Waals surface area contributed by atoms with Gasteiger partial charge in [-0.1, -0.05) is 25.4 Å². The molecule has 1 unspecified atom stereocenters. The predicted molar refractivity (Wildman–Crippen MR) is 67.5 cm³/mol. The first-order chi connectivity index (χ1) is 7.58. The van der Waals surface area contributed by atoms with Gasteiger partial charge in [0.1, 0.15) is 0 Å². The van der Waals surface area contributed by atoms with Crippen molar-refractivity contribution in [1.29, 1.82) is 5.26 Å². The van der Waals surface area contributed by atoms with Gasteiger partial charge < -0.3 is 11.1 Å². The van der Waals surface area contributed by atoms with E-state index in [4.69, 9.17) is 22.6 Å². The Kier molecular flexibility index (Phi) is 4.60. The van der Waals surface area contributed by atoms with E-state index in [1.54, 1.807) is 12.1 Å². The van der Waals surface area contributed by atoms with E-state index in [-0.39, 0.29) is 6.04 Å². The summed E-state index contributed by atoms with van der Waals surface area (Å²) in [6, 6.07) is 7.43. The van der Waals surface area contributed by atoms with Crippen LogP contribution < -0.4 is 11.1 Å². The molecule has 16 heavy (non-hydrogen) atoms. The summed E-state index contributed by atoms with van der Waals surface area (Å²) in [5, 5.41) is 12.6. The number of nitrogens with one attached hydrogen (secondary N) is 1. The molecule has 0 fully saturated rings. The standard InChI is InChI=1S/C12H16ClN3/c1-8(2)12(7-15)16-11-4-3-9(6-14)5-10(11)13/h3-5,8,12,16H,7,15H2,1-2H3. The monoisotopic (exact) mass is 237 g/mol. The van der Waals surface area contributed by atoms with Gasteiger partial charge >= 0.3 is 0 Å². The minimum absolute atomic E-state index is 0.186. The van der Waals surface area contributed by atoms with Crippen LogP contribution in [0.15, 0.2) is 18.2 Å². The average molecular weight is 238 g/mol. The molecule has 0 aliphatic heterocycles. The first-order valence-corrected chi connectivity index (χ1v) is 5.62. The van der Waals surface area contributed by atoms with Crippen molar-refractivity contribution in [1.82, 2.24) is 0 Å². The number of benzene rings is 1. The Hall–Kier alpha value is -1.24. The first-order valence-electron chi connectivity index (χ1n) is 5.24. The molecule has 1 atom stereocenters. The lowest BCUT2D eigenvalue weighted by Crippen LogP contribution is -2.33. The molecule has 1 aromatic carbocycles. The third-order valence-electron chi connectivity index (χ3n) is 2.50. The molecule has 0 aliphatic carbocycles. The fourth-order valence-electron chi connectivity index (χ4n) is 1.40. The Morgan fingerprint density at radius 1 is 1.50 bits per heavy atom. The lowest BCUT2D eigenvalue weighted by atomic mass is 10.0. The lowest BCUT2D eigenvalue weighted by Gasteiger charge is -2.22.